The lowest BCUT2D eigenvalue weighted by Gasteiger charge is -2.28. The van der Waals surface area contributed by atoms with E-state index in [0.29, 0.717) is 6.54 Å². The van der Waals surface area contributed by atoms with Crippen LogP contribution in [-0.4, -0.2) is 34.4 Å². The van der Waals surface area contributed by atoms with Crippen molar-refractivity contribution in [3.63, 3.8) is 0 Å². The van der Waals surface area contributed by atoms with Crippen LogP contribution >= 0.6 is 0 Å². The summed E-state index contributed by atoms with van der Waals surface area (Å²) in [5, 5.41) is 8.47. The molecule has 0 radical (unpaired) electrons. The van der Waals surface area contributed by atoms with Crippen molar-refractivity contribution in [2.75, 3.05) is 13.1 Å². The highest BCUT2D eigenvalue weighted by atomic mass is 19.4. The third kappa shape index (κ3) is 1.19. The van der Waals surface area contributed by atoms with Gasteiger partial charge in [-0.05, 0) is 13.0 Å². The molecular weight excluding hydrogens is 197 g/mol. The van der Waals surface area contributed by atoms with Gasteiger partial charge in [0.05, 0.1) is 0 Å². The molecule has 1 fully saturated rings. The first kappa shape index (κ1) is 9.45. The summed E-state index contributed by atoms with van der Waals surface area (Å²) >= 11 is 0. The number of hydrogen-bond acceptors (Lipinski definition) is 3. The van der Waals surface area contributed by atoms with Crippen molar-refractivity contribution >= 4 is 0 Å². The molecule has 0 saturated carbocycles. The van der Waals surface area contributed by atoms with Crippen molar-refractivity contribution in [1.82, 2.24) is 20.5 Å². The molecule has 2 heterocycles. The van der Waals surface area contributed by atoms with Crippen molar-refractivity contribution < 1.29 is 13.2 Å². The number of aromatic nitrogens is 3. The van der Waals surface area contributed by atoms with Crippen molar-refractivity contribution in [1.29, 1.82) is 0 Å². The monoisotopic (exact) mass is 206 g/mol. The minimum absolute atomic E-state index is 0.00565. The zero-order valence-corrected chi connectivity index (χ0v) is 7.23. The molecule has 1 saturated heterocycles. The predicted octanol–water partition coefficient (Wildman–Crippen LogP) is 0.598. The molecule has 0 amide bonds. The smallest absolute Gasteiger partial charge is 0.315 e. The van der Waals surface area contributed by atoms with Gasteiger partial charge in [-0.25, -0.2) is 4.98 Å². The Labute approximate surface area is 77.9 Å². The molecule has 2 N–H and O–H groups in total. The van der Waals surface area contributed by atoms with Crippen molar-refractivity contribution in [2.45, 2.75) is 18.0 Å². The Hall–Kier alpha value is -1.11. The van der Waals surface area contributed by atoms with Crippen LogP contribution in [0, 0.1) is 0 Å². The van der Waals surface area contributed by atoms with Crippen LogP contribution in [0.15, 0.2) is 6.33 Å². The van der Waals surface area contributed by atoms with E-state index in [1.807, 2.05) is 0 Å². The maximum Gasteiger partial charge on any atom is 0.402 e. The minimum Gasteiger partial charge on any atom is -0.315 e. The molecular formula is C7H9F3N4. The van der Waals surface area contributed by atoms with Gasteiger partial charge in [0, 0.05) is 6.54 Å². The van der Waals surface area contributed by atoms with E-state index in [4.69, 9.17) is 0 Å². The van der Waals surface area contributed by atoms with Crippen molar-refractivity contribution in [3.8, 4) is 0 Å². The van der Waals surface area contributed by atoms with Gasteiger partial charge in [0.1, 0.15) is 17.6 Å². The van der Waals surface area contributed by atoms with E-state index in [1.165, 1.54) is 0 Å². The zero-order valence-electron chi connectivity index (χ0n) is 7.23. The summed E-state index contributed by atoms with van der Waals surface area (Å²) in [6, 6.07) is 0. The van der Waals surface area contributed by atoms with Crippen molar-refractivity contribution in [3.05, 3.63) is 12.2 Å². The van der Waals surface area contributed by atoms with Crippen LogP contribution in [-0.2, 0) is 5.41 Å². The van der Waals surface area contributed by atoms with Crippen LogP contribution in [0.4, 0.5) is 13.2 Å². The van der Waals surface area contributed by atoms with E-state index in [1.54, 1.807) is 0 Å². The normalized spacial score (nSPS) is 28.2. The van der Waals surface area contributed by atoms with E-state index in [-0.39, 0.29) is 18.8 Å². The van der Waals surface area contributed by atoms with Crippen LogP contribution < -0.4 is 5.32 Å². The summed E-state index contributed by atoms with van der Waals surface area (Å²) in [5.74, 6) is -0.102. The first-order chi connectivity index (χ1) is 6.56. The second-order valence-corrected chi connectivity index (χ2v) is 3.34. The third-order valence-corrected chi connectivity index (χ3v) is 2.57. The Morgan fingerprint density at radius 2 is 2.21 bits per heavy atom. The molecule has 1 aliphatic rings. The molecule has 1 aliphatic heterocycles. The number of alkyl halides is 3. The van der Waals surface area contributed by atoms with E-state index in [0.717, 1.165) is 6.33 Å². The molecule has 7 heteroatoms. The SMILES string of the molecule is FC(F)(F)C1(c2ncn[nH]2)CCNC1. The fourth-order valence-corrected chi connectivity index (χ4v) is 1.71. The highest BCUT2D eigenvalue weighted by Gasteiger charge is 2.59. The fraction of sp³-hybridized carbons (Fsp3) is 0.714. The number of hydrogen-bond donors (Lipinski definition) is 2. The van der Waals surface area contributed by atoms with Crippen LogP contribution in [0.1, 0.15) is 12.2 Å². The molecule has 0 bridgehead atoms. The summed E-state index contributed by atoms with van der Waals surface area (Å²) in [6.07, 6.45) is -3.19. The largest absolute Gasteiger partial charge is 0.402 e. The zero-order chi connectivity index (χ0) is 10.2. The standard InChI is InChI=1S/C7H9F3N4/c8-7(9,10)6(1-2-11-3-6)5-12-4-13-14-5/h4,11H,1-3H2,(H,12,13,14). The average molecular weight is 206 g/mol. The van der Waals surface area contributed by atoms with Gasteiger partial charge in [-0.2, -0.15) is 18.3 Å². The highest BCUT2D eigenvalue weighted by Crippen LogP contribution is 2.43. The van der Waals surface area contributed by atoms with E-state index < -0.39 is 11.6 Å². The molecule has 1 unspecified atom stereocenters. The number of H-pyrrole nitrogens is 1. The van der Waals surface area contributed by atoms with Gasteiger partial charge in [-0.15, -0.1) is 0 Å². The van der Waals surface area contributed by atoms with Gasteiger partial charge in [-0.3, -0.25) is 5.10 Å². The molecule has 0 spiro atoms. The number of halogens is 3. The maximum absolute atomic E-state index is 12.9. The Balaban J connectivity index is 2.42. The van der Waals surface area contributed by atoms with Crippen molar-refractivity contribution in [2.24, 2.45) is 0 Å². The highest BCUT2D eigenvalue weighted by molar-refractivity contribution is 5.15. The molecule has 4 nitrogen and oxygen atoms in total. The van der Waals surface area contributed by atoms with Gasteiger partial charge in [-0.1, -0.05) is 0 Å². The number of rotatable bonds is 1. The number of nitrogens with one attached hydrogen (secondary N) is 2. The van der Waals surface area contributed by atoms with Gasteiger partial charge >= 0.3 is 6.18 Å². The average Bonchev–Trinajstić information content (AvgIpc) is 2.74. The second-order valence-electron chi connectivity index (χ2n) is 3.34. The van der Waals surface area contributed by atoms with Crippen LogP contribution in [0.25, 0.3) is 0 Å². The Morgan fingerprint density at radius 3 is 2.64 bits per heavy atom. The summed E-state index contributed by atoms with van der Waals surface area (Å²) < 4.78 is 38.6. The fourth-order valence-electron chi connectivity index (χ4n) is 1.71. The topological polar surface area (TPSA) is 53.6 Å². The summed E-state index contributed by atoms with van der Waals surface area (Å²) in [5.41, 5.74) is -1.89. The molecule has 1 aromatic rings. The van der Waals surface area contributed by atoms with E-state index >= 15 is 0 Å². The van der Waals surface area contributed by atoms with Gasteiger partial charge in [0.25, 0.3) is 0 Å². The molecule has 0 aromatic carbocycles. The van der Waals surface area contributed by atoms with Gasteiger partial charge in [0.15, 0.2) is 0 Å². The first-order valence-electron chi connectivity index (χ1n) is 4.19. The lowest BCUT2D eigenvalue weighted by Crippen LogP contribution is -2.45. The molecule has 0 aliphatic carbocycles. The Bertz CT molecular complexity index is 299. The van der Waals surface area contributed by atoms with Crippen LogP contribution in [0.2, 0.25) is 0 Å². The van der Waals surface area contributed by atoms with E-state index in [2.05, 4.69) is 20.5 Å². The third-order valence-electron chi connectivity index (χ3n) is 2.57. The predicted molar refractivity (Wildman–Crippen MR) is 41.6 cm³/mol. The summed E-state index contributed by atoms with van der Waals surface area (Å²) in [6.45, 7) is 0.214. The lowest BCUT2D eigenvalue weighted by atomic mass is 9.85. The minimum atomic E-state index is -4.30. The molecule has 2 rings (SSSR count). The lowest BCUT2D eigenvalue weighted by molar-refractivity contribution is -0.187. The van der Waals surface area contributed by atoms with Crippen LogP contribution in [0.3, 0.4) is 0 Å². The molecule has 78 valence electrons. The second kappa shape index (κ2) is 2.94. The van der Waals surface area contributed by atoms with Gasteiger partial charge < -0.3 is 5.32 Å². The van der Waals surface area contributed by atoms with Gasteiger partial charge in [0.2, 0.25) is 0 Å². The molecule has 1 atom stereocenters. The van der Waals surface area contributed by atoms with E-state index in [9.17, 15) is 13.2 Å². The molecule has 14 heavy (non-hydrogen) atoms. The summed E-state index contributed by atoms with van der Waals surface area (Å²) in [7, 11) is 0. The quantitative estimate of drug-likeness (QED) is 0.707. The Morgan fingerprint density at radius 1 is 1.43 bits per heavy atom. The number of nitrogens with zero attached hydrogens (tertiary/aromatic N) is 2. The number of aromatic amines is 1. The summed E-state index contributed by atoms with van der Waals surface area (Å²) in [4.78, 5) is 3.61. The first-order valence-corrected chi connectivity index (χ1v) is 4.19. The maximum atomic E-state index is 12.9. The Kier molecular flexibility index (Phi) is 1.99. The van der Waals surface area contributed by atoms with Crippen LogP contribution in [0.5, 0.6) is 0 Å². The molecule has 1 aromatic heterocycles.